The van der Waals surface area contributed by atoms with Gasteiger partial charge in [0.2, 0.25) is 5.91 Å². The summed E-state index contributed by atoms with van der Waals surface area (Å²) in [7, 11) is 1.62. The topological polar surface area (TPSA) is 64.3 Å². The minimum absolute atomic E-state index is 0.249. The van der Waals surface area contributed by atoms with Crippen LogP contribution in [0, 0.1) is 0 Å². The largest absolute Gasteiger partial charge is 0.496 e. The van der Waals surface area contributed by atoms with Gasteiger partial charge in [0.1, 0.15) is 5.75 Å². The van der Waals surface area contributed by atoms with Gasteiger partial charge in [-0.05, 0) is 29.8 Å². The van der Waals surface area contributed by atoms with Crippen molar-refractivity contribution < 1.29 is 9.53 Å². The molecule has 0 unspecified atom stereocenters. The summed E-state index contributed by atoms with van der Waals surface area (Å²) in [6, 6.07) is 13.1. The van der Waals surface area contributed by atoms with Crippen LogP contribution in [0.1, 0.15) is 11.1 Å². The van der Waals surface area contributed by atoms with Crippen LogP contribution in [0.3, 0.4) is 0 Å². The molecule has 4 nitrogen and oxygen atoms in total. The molecule has 0 saturated heterocycles. The number of anilines is 1. The molecule has 0 radical (unpaired) electrons. The first-order valence-electron chi connectivity index (χ1n) is 6.52. The summed E-state index contributed by atoms with van der Waals surface area (Å²) in [6.07, 6.45) is 0.249. The van der Waals surface area contributed by atoms with Crippen LogP contribution in [0.4, 0.5) is 5.69 Å². The number of hydrogen-bond donors (Lipinski definition) is 2. The molecule has 0 atom stereocenters. The monoisotopic (exact) mass is 304 g/mol. The highest BCUT2D eigenvalue weighted by atomic mass is 35.5. The second-order valence-corrected chi connectivity index (χ2v) is 5.02. The standard InChI is InChI=1S/C16H17ClN2O2/c1-21-15-4-2-3-14(17)13(15)10-19-12-7-5-11(6-8-12)9-16(18)20/h2-8,19H,9-10H2,1H3,(H2,18,20). The van der Waals surface area contributed by atoms with E-state index in [1.807, 2.05) is 42.5 Å². The Bertz CT molecular complexity index is 627. The fraction of sp³-hybridized carbons (Fsp3) is 0.188. The summed E-state index contributed by atoms with van der Waals surface area (Å²) >= 11 is 6.19. The maximum Gasteiger partial charge on any atom is 0.221 e. The van der Waals surface area contributed by atoms with Crippen LogP contribution in [0.25, 0.3) is 0 Å². The Morgan fingerprint density at radius 1 is 1.24 bits per heavy atom. The molecule has 0 saturated carbocycles. The molecule has 2 aromatic rings. The molecule has 0 bridgehead atoms. The molecule has 0 aliphatic heterocycles. The summed E-state index contributed by atoms with van der Waals surface area (Å²) in [5.41, 5.74) is 7.90. The summed E-state index contributed by atoms with van der Waals surface area (Å²) in [5, 5.41) is 3.94. The number of carbonyl (C=O) groups excluding carboxylic acids is 1. The van der Waals surface area contributed by atoms with Gasteiger partial charge in [-0.15, -0.1) is 0 Å². The molecule has 21 heavy (non-hydrogen) atoms. The molecule has 0 heterocycles. The summed E-state index contributed by atoms with van der Waals surface area (Å²) in [4.78, 5) is 10.9. The van der Waals surface area contributed by atoms with E-state index < -0.39 is 0 Å². The summed E-state index contributed by atoms with van der Waals surface area (Å²) in [5.74, 6) is 0.414. The number of nitrogens with two attached hydrogens (primary N) is 1. The number of nitrogens with one attached hydrogen (secondary N) is 1. The molecule has 0 aromatic heterocycles. The minimum Gasteiger partial charge on any atom is -0.496 e. The van der Waals surface area contributed by atoms with Gasteiger partial charge >= 0.3 is 0 Å². The van der Waals surface area contributed by atoms with Gasteiger partial charge < -0.3 is 15.8 Å². The summed E-state index contributed by atoms with van der Waals surface area (Å²) in [6.45, 7) is 0.554. The quantitative estimate of drug-likeness (QED) is 0.862. The van der Waals surface area contributed by atoms with Crippen LogP contribution >= 0.6 is 11.6 Å². The molecule has 0 fully saturated rings. The molecule has 3 N–H and O–H groups in total. The molecular weight excluding hydrogens is 288 g/mol. The Morgan fingerprint density at radius 2 is 1.95 bits per heavy atom. The van der Waals surface area contributed by atoms with E-state index >= 15 is 0 Å². The lowest BCUT2D eigenvalue weighted by molar-refractivity contribution is -0.117. The highest BCUT2D eigenvalue weighted by Gasteiger charge is 2.07. The van der Waals surface area contributed by atoms with Gasteiger partial charge in [-0.3, -0.25) is 4.79 Å². The average molecular weight is 305 g/mol. The first-order valence-corrected chi connectivity index (χ1v) is 6.90. The fourth-order valence-electron chi connectivity index (χ4n) is 2.03. The van der Waals surface area contributed by atoms with E-state index in [9.17, 15) is 4.79 Å². The van der Waals surface area contributed by atoms with Gasteiger partial charge in [0.25, 0.3) is 0 Å². The van der Waals surface area contributed by atoms with Gasteiger partial charge in [-0.25, -0.2) is 0 Å². The Balaban J connectivity index is 2.05. The SMILES string of the molecule is COc1cccc(Cl)c1CNc1ccc(CC(N)=O)cc1. The Morgan fingerprint density at radius 3 is 2.57 bits per heavy atom. The van der Waals surface area contributed by atoms with E-state index in [2.05, 4.69) is 5.32 Å². The number of methoxy groups -OCH3 is 1. The van der Waals surface area contributed by atoms with Gasteiger partial charge in [-0.1, -0.05) is 29.8 Å². The van der Waals surface area contributed by atoms with Crippen molar-refractivity contribution in [2.45, 2.75) is 13.0 Å². The van der Waals surface area contributed by atoms with Gasteiger partial charge in [0, 0.05) is 22.8 Å². The lowest BCUT2D eigenvalue weighted by Crippen LogP contribution is -2.13. The molecule has 0 aliphatic rings. The van der Waals surface area contributed by atoms with Crippen molar-refractivity contribution in [3.63, 3.8) is 0 Å². The molecule has 110 valence electrons. The second-order valence-electron chi connectivity index (χ2n) is 4.61. The Hall–Kier alpha value is -2.20. The third-order valence-corrected chi connectivity index (χ3v) is 3.45. The van der Waals surface area contributed by atoms with Crippen LogP contribution in [0.2, 0.25) is 5.02 Å². The van der Waals surface area contributed by atoms with Gasteiger partial charge in [0.05, 0.1) is 13.5 Å². The van der Waals surface area contributed by atoms with Crippen molar-refractivity contribution in [2.24, 2.45) is 5.73 Å². The van der Waals surface area contributed by atoms with Gasteiger partial charge in [-0.2, -0.15) is 0 Å². The van der Waals surface area contributed by atoms with E-state index in [0.29, 0.717) is 11.6 Å². The molecule has 0 aliphatic carbocycles. The highest BCUT2D eigenvalue weighted by Crippen LogP contribution is 2.27. The Kier molecular flexibility index (Phi) is 5.06. The number of rotatable bonds is 6. The molecular formula is C16H17ClN2O2. The third kappa shape index (κ3) is 4.13. The fourth-order valence-corrected chi connectivity index (χ4v) is 2.27. The van der Waals surface area contributed by atoms with E-state index in [4.69, 9.17) is 22.1 Å². The first kappa shape index (κ1) is 15.2. The molecule has 0 spiro atoms. The van der Waals surface area contributed by atoms with Crippen molar-refractivity contribution in [1.29, 1.82) is 0 Å². The zero-order valence-electron chi connectivity index (χ0n) is 11.7. The van der Waals surface area contributed by atoms with Crippen molar-refractivity contribution in [2.75, 3.05) is 12.4 Å². The van der Waals surface area contributed by atoms with Gasteiger partial charge in [0.15, 0.2) is 0 Å². The molecule has 2 rings (SSSR count). The predicted octanol–water partition coefficient (Wildman–Crippen LogP) is 2.99. The van der Waals surface area contributed by atoms with Crippen LogP contribution in [0.15, 0.2) is 42.5 Å². The normalized spacial score (nSPS) is 10.2. The molecule has 1 amide bonds. The number of halogens is 1. The number of hydrogen-bond acceptors (Lipinski definition) is 3. The maximum atomic E-state index is 10.9. The number of benzene rings is 2. The average Bonchev–Trinajstić information content (AvgIpc) is 2.46. The van der Waals surface area contributed by atoms with E-state index in [0.717, 1.165) is 22.6 Å². The van der Waals surface area contributed by atoms with Crippen LogP contribution in [-0.4, -0.2) is 13.0 Å². The van der Waals surface area contributed by atoms with Crippen LogP contribution < -0.4 is 15.8 Å². The van der Waals surface area contributed by atoms with E-state index in [1.54, 1.807) is 7.11 Å². The first-order chi connectivity index (χ1) is 10.1. The number of primary amides is 1. The van der Waals surface area contributed by atoms with E-state index in [-0.39, 0.29) is 12.3 Å². The smallest absolute Gasteiger partial charge is 0.221 e. The maximum absolute atomic E-state index is 10.9. The zero-order valence-corrected chi connectivity index (χ0v) is 12.5. The summed E-state index contributed by atoms with van der Waals surface area (Å²) < 4.78 is 5.30. The third-order valence-electron chi connectivity index (χ3n) is 3.10. The lowest BCUT2D eigenvalue weighted by atomic mass is 10.1. The number of carbonyl (C=O) groups is 1. The van der Waals surface area contributed by atoms with E-state index in [1.165, 1.54) is 0 Å². The van der Waals surface area contributed by atoms with Crippen molar-refractivity contribution >= 4 is 23.2 Å². The van der Waals surface area contributed by atoms with Crippen molar-refractivity contribution in [1.82, 2.24) is 0 Å². The minimum atomic E-state index is -0.337. The van der Waals surface area contributed by atoms with Crippen LogP contribution in [-0.2, 0) is 17.8 Å². The highest BCUT2D eigenvalue weighted by molar-refractivity contribution is 6.31. The zero-order chi connectivity index (χ0) is 15.2. The number of amides is 1. The molecule has 2 aromatic carbocycles. The van der Waals surface area contributed by atoms with Crippen molar-refractivity contribution in [3.05, 3.63) is 58.6 Å². The Labute approximate surface area is 128 Å². The second kappa shape index (κ2) is 6.99. The molecule has 5 heteroatoms. The lowest BCUT2D eigenvalue weighted by Gasteiger charge is -2.12. The number of ether oxygens (including phenoxy) is 1. The van der Waals surface area contributed by atoms with Crippen molar-refractivity contribution in [3.8, 4) is 5.75 Å². The van der Waals surface area contributed by atoms with Crippen LogP contribution in [0.5, 0.6) is 5.75 Å². The predicted molar refractivity (Wildman–Crippen MR) is 84.7 cm³/mol.